The molecule has 0 aliphatic heterocycles. The molecule has 0 aliphatic rings. The van der Waals surface area contributed by atoms with Crippen LogP contribution in [0.15, 0.2) is 71.6 Å². The summed E-state index contributed by atoms with van der Waals surface area (Å²) in [5.41, 5.74) is 4.94. The van der Waals surface area contributed by atoms with Gasteiger partial charge >= 0.3 is 0 Å². The zero-order valence-electron chi connectivity index (χ0n) is 23.0. The number of hydrogen-bond acceptors (Lipinski definition) is 4. The Labute approximate surface area is 226 Å². The summed E-state index contributed by atoms with van der Waals surface area (Å²) in [7, 11) is -2.56. The monoisotopic (exact) mass is 535 g/mol. The Balaban J connectivity index is 2.11. The van der Waals surface area contributed by atoms with E-state index in [0.717, 1.165) is 32.1 Å². The Morgan fingerprint density at radius 3 is 2.08 bits per heavy atom. The predicted molar refractivity (Wildman–Crippen MR) is 152 cm³/mol. The first-order valence-electron chi connectivity index (χ1n) is 12.7. The minimum atomic E-state index is -4.09. The van der Waals surface area contributed by atoms with E-state index in [2.05, 4.69) is 5.32 Å². The number of rotatable bonds is 10. The molecule has 0 saturated heterocycles. The highest BCUT2D eigenvalue weighted by molar-refractivity contribution is 7.92. The van der Waals surface area contributed by atoms with Gasteiger partial charge < -0.3 is 10.2 Å². The summed E-state index contributed by atoms with van der Waals surface area (Å²) >= 11 is 0. The molecule has 3 rings (SSSR count). The van der Waals surface area contributed by atoms with Crippen molar-refractivity contribution < 1.29 is 18.0 Å². The molecular weight excluding hydrogens is 498 g/mol. The third kappa shape index (κ3) is 6.42. The fourth-order valence-corrected chi connectivity index (χ4v) is 5.97. The van der Waals surface area contributed by atoms with Gasteiger partial charge in [0.2, 0.25) is 11.8 Å². The first-order valence-corrected chi connectivity index (χ1v) is 14.2. The molecule has 8 heteroatoms. The Morgan fingerprint density at radius 2 is 1.50 bits per heavy atom. The number of anilines is 1. The van der Waals surface area contributed by atoms with Gasteiger partial charge in [0, 0.05) is 13.6 Å². The van der Waals surface area contributed by atoms with E-state index in [-0.39, 0.29) is 17.3 Å². The maximum atomic E-state index is 14.0. The van der Waals surface area contributed by atoms with E-state index in [9.17, 15) is 18.0 Å². The second-order valence-corrected chi connectivity index (χ2v) is 11.5. The molecule has 202 valence electrons. The van der Waals surface area contributed by atoms with Crippen LogP contribution in [0.2, 0.25) is 0 Å². The highest BCUT2D eigenvalue weighted by atomic mass is 32.2. The summed E-state index contributed by atoms with van der Waals surface area (Å²) in [6, 6.07) is 18.9. The summed E-state index contributed by atoms with van der Waals surface area (Å²) in [6.07, 6.45) is 0.381. The summed E-state index contributed by atoms with van der Waals surface area (Å²) in [4.78, 5) is 28.4. The molecule has 3 aromatic carbocycles. The van der Waals surface area contributed by atoms with Crippen molar-refractivity contribution in [2.45, 2.75) is 58.5 Å². The van der Waals surface area contributed by atoms with E-state index >= 15 is 0 Å². The zero-order valence-corrected chi connectivity index (χ0v) is 23.8. The maximum absolute atomic E-state index is 14.0. The van der Waals surface area contributed by atoms with E-state index < -0.39 is 28.5 Å². The average molecular weight is 536 g/mol. The molecule has 2 amide bonds. The van der Waals surface area contributed by atoms with Gasteiger partial charge in [0.05, 0.1) is 10.6 Å². The van der Waals surface area contributed by atoms with Crippen LogP contribution in [0, 0.1) is 27.7 Å². The van der Waals surface area contributed by atoms with Crippen LogP contribution in [0.1, 0.15) is 41.2 Å². The van der Waals surface area contributed by atoms with E-state index in [0.29, 0.717) is 12.1 Å². The first-order chi connectivity index (χ1) is 18.0. The molecule has 38 heavy (non-hydrogen) atoms. The lowest BCUT2D eigenvalue weighted by atomic mass is 10.1. The second-order valence-electron chi connectivity index (χ2n) is 9.60. The van der Waals surface area contributed by atoms with Crippen molar-refractivity contribution in [1.82, 2.24) is 10.2 Å². The van der Waals surface area contributed by atoms with Crippen molar-refractivity contribution in [2.75, 3.05) is 17.9 Å². The molecule has 0 aromatic heterocycles. The van der Waals surface area contributed by atoms with Gasteiger partial charge in [0.1, 0.15) is 12.6 Å². The van der Waals surface area contributed by atoms with E-state index in [1.807, 2.05) is 71.0 Å². The Hall–Kier alpha value is -3.65. The fraction of sp³-hybridized carbons (Fsp3) is 0.333. The van der Waals surface area contributed by atoms with Gasteiger partial charge in [-0.25, -0.2) is 8.42 Å². The SMILES string of the molecule is CC[C@@H](C(=O)NC)N(Cc1ccccc1C)C(=O)CN(c1ccc(C)cc1C)S(=O)(=O)c1ccc(C)cc1. The standard InChI is InChI=1S/C30H37N3O4S/c1-7-27(30(35)31-6)32(19-25-11-9-8-10-23(25)4)29(34)20-33(28-17-14-22(3)18-24(28)5)38(36,37)26-15-12-21(2)13-16-26/h8-18,27H,7,19-20H2,1-6H3,(H,31,35)/t27-/m0/s1. The molecule has 0 heterocycles. The van der Waals surface area contributed by atoms with E-state index in [1.54, 1.807) is 30.3 Å². The van der Waals surface area contributed by atoms with Crippen LogP contribution in [0.3, 0.4) is 0 Å². The van der Waals surface area contributed by atoms with Crippen molar-refractivity contribution in [3.8, 4) is 0 Å². The summed E-state index contributed by atoms with van der Waals surface area (Å²) in [5, 5.41) is 2.65. The Kier molecular flexibility index (Phi) is 9.33. The normalized spacial score (nSPS) is 12.1. The molecule has 0 bridgehead atoms. The maximum Gasteiger partial charge on any atom is 0.264 e. The van der Waals surface area contributed by atoms with Gasteiger partial charge in [-0.2, -0.15) is 0 Å². The molecule has 7 nitrogen and oxygen atoms in total. The largest absolute Gasteiger partial charge is 0.357 e. The number of nitrogens with one attached hydrogen (secondary N) is 1. The lowest BCUT2D eigenvalue weighted by Gasteiger charge is -2.33. The smallest absolute Gasteiger partial charge is 0.264 e. The summed E-state index contributed by atoms with van der Waals surface area (Å²) in [5.74, 6) is -0.756. The molecule has 0 fully saturated rings. The number of carbonyl (C=O) groups excluding carboxylic acids is 2. The van der Waals surface area contributed by atoms with Crippen LogP contribution in [0.25, 0.3) is 0 Å². The van der Waals surface area contributed by atoms with E-state index in [4.69, 9.17) is 0 Å². The number of amides is 2. The van der Waals surface area contributed by atoms with Crippen molar-refractivity contribution in [3.05, 3.63) is 94.5 Å². The number of nitrogens with zero attached hydrogens (tertiary/aromatic N) is 2. The van der Waals surface area contributed by atoms with Crippen LogP contribution >= 0.6 is 0 Å². The number of aryl methyl sites for hydroxylation is 4. The van der Waals surface area contributed by atoms with Crippen LogP contribution in [0.4, 0.5) is 5.69 Å². The topological polar surface area (TPSA) is 86.8 Å². The van der Waals surface area contributed by atoms with Crippen LogP contribution in [-0.4, -0.2) is 44.8 Å². The molecule has 3 aromatic rings. The van der Waals surface area contributed by atoms with Crippen molar-refractivity contribution in [3.63, 3.8) is 0 Å². The lowest BCUT2D eigenvalue weighted by molar-refractivity contribution is -0.140. The van der Waals surface area contributed by atoms with Crippen LogP contribution < -0.4 is 9.62 Å². The summed E-state index contributed by atoms with van der Waals surface area (Å²) < 4.78 is 29.1. The molecule has 1 N–H and O–H groups in total. The quantitative estimate of drug-likeness (QED) is 0.409. The van der Waals surface area contributed by atoms with Gasteiger partial charge in [-0.3, -0.25) is 13.9 Å². The minimum absolute atomic E-state index is 0.0969. The summed E-state index contributed by atoms with van der Waals surface area (Å²) in [6.45, 7) is 9.16. The lowest BCUT2D eigenvalue weighted by Crippen LogP contribution is -2.52. The van der Waals surface area contributed by atoms with Crippen LogP contribution in [-0.2, 0) is 26.2 Å². The molecule has 0 radical (unpaired) electrons. The second kappa shape index (κ2) is 12.3. The molecular formula is C30H37N3O4S. The van der Waals surface area contributed by atoms with Crippen molar-refractivity contribution in [1.29, 1.82) is 0 Å². The highest BCUT2D eigenvalue weighted by Gasteiger charge is 2.34. The van der Waals surface area contributed by atoms with Gasteiger partial charge in [0.25, 0.3) is 10.0 Å². The highest BCUT2D eigenvalue weighted by Crippen LogP contribution is 2.28. The molecule has 1 atom stereocenters. The molecule has 0 aliphatic carbocycles. The van der Waals surface area contributed by atoms with Crippen molar-refractivity contribution >= 4 is 27.5 Å². The third-order valence-corrected chi connectivity index (χ3v) is 8.52. The van der Waals surface area contributed by atoms with Gasteiger partial charge in [-0.15, -0.1) is 0 Å². The number of sulfonamides is 1. The zero-order chi connectivity index (χ0) is 28.0. The number of carbonyl (C=O) groups is 2. The van der Waals surface area contributed by atoms with Gasteiger partial charge in [0.15, 0.2) is 0 Å². The van der Waals surface area contributed by atoms with Crippen molar-refractivity contribution in [2.24, 2.45) is 0 Å². The number of likely N-dealkylation sites (N-methyl/N-ethyl adjacent to an activating group) is 1. The molecule has 0 saturated carbocycles. The average Bonchev–Trinajstić information content (AvgIpc) is 2.88. The third-order valence-electron chi connectivity index (χ3n) is 6.74. The molecule has 0 unspecified atom stereocenters. The Bertz CT molecular complexity index is 1400. The molecule has 0 spiro atoms. The van der Waals surface area contributed by atoms with E-state index in [1.165, 1.54) is 11.9 Å². The van der Waals surface area contributed by atoms with Gasteiger partial charge in [-0.1, -0.05) is 66.6 Å². The first kappa shape index (κ1) is 28.9. The number of benzene rings is 3. The number of hydrogen-bond donors (Lipinski definition) is 1. The van der Waals surface area contributed by atoms with Gasteiger partial charge in [-0.05, 0) is 69.0 Å². The fourth-order valence-electron chi connectivity index (χ4n) is 4.49. The Morgan fingerprint density at radius 1 is 0.868 bits per heavy atom. The predicted octanol–water partition coefficient (Wildman–Crippen LogP) is 4.67. The van der Waals surface area contributed by atoms with Crippen LogP contribution in [0.5, 0.6) is 0 Å². The minimum Gasteiger partial charge on any atom is -0.357 e.